The van der Waals surface area contributed by atoms with Crippen molar-refractivity contribution in [2.45, 2.75) is 51.6 Å². The molecule has 0 spiro atoms. The van der Waals surface area contributed by atoms with Crippen LogP contribution in [0.3, 0.4) is 0 Å². The van der Waals surface area contributed by atoms with Gasteiger partial charge in [0.2, 0.25) is 0 Å². The second-order valence-electron chi connectivity index (χ2n) is 4.62. The van der Waals surface area contributed by atoms with E-state index in [-0.39, 0.29) is 30.7 Å². The van der Waals surface area contributed by atoms with Crippen molar-refractivity contribution in [2.75, 3.05) is 6.54 Å². The Morgan fingerprint density at radius 1 is 1.07 bits per heavy atom. The highest BCUT2D eigenvalue weighted by Crippen LogP contribution is 2.37. The first kappa shape index (κ1) is 14.2. The van der Waals surface area contributed by atoms with Crippen LogP contribution in [0.5, 0.6) is 0 Å². The summed E-state index contributed by atoms with van der Waals surface area (Å²) in [4.78, 5) is 0. The van der Waals surface area contributed by atoms with Gasteiger partial charge in [-0.15, -0.1) is 12.4 Å². The molecule has 3 nitrogen and oxygen atoms in total. The molecular formula is C9H21BClNO2. The molecule has 1 aliphatic rings. The van der Waals surface area contributed by atoms with Gasteiger partial charge in [0.25, 0.3) is 0 Å². The van der Waals surface area contributed by atoms with Crippen molar-refractivity contribution in [2.24, 2.45) is 5.73 Å². The Bertz CT molecular complexity index is 172. The molecule has 0 aliphatic carbocycles. The molecule has 0 unspecified atom stereocenters. The molecular weight excluding hydrogens is 200 g/mol. The van der Waals surface area contributed by atoms with Gasteiger partial charge in [-0.25, -0.2) is 0 Å². The third-order valence-corrected chi connectivity index (χ3v) is 2.95. The molecule has 0 saturated carbocycles. The van der Waals surface area contributed by atoms with Gasteiger partial charge in [0.15, 0.2) is 0 Å². The first-order valence-corrected chi connectivity index (χ1v) is 4.95. The van der Waals surface area contributed by atoms with Crippen LogP contribution in [-0.4, -0.2) is 24.9 Å². The van der Waals surface area contributed by atoms with Crippen molar-refractivity contribution >= 4 is 19.5 Å². The first-order valence-electron chi connectivity index (χ1n) is 4.95. The van der Waals surface area contributed by atoms with Gasteiger partial charge in [-0.05, 0) is 47.0 Å². The second kappa shape index (κ2) is 4.84. The molecule has 0 aromatic carbocycles. The van der Waals surface area contributed by atoms with Gasteiger partial charge in [-0.3, -0.25) is 0 Å². The molecule has 1 fully saturated rings. The van der Waals surface area contributed by atoms with E-state index in [1.54, 1.807) is 0 Å². The van der Waals surface area contributed by atoms with Crippen LogP contribution in [0.15, 0.2) is 0 Å². The summed E-state index contributed by atoms with van der Waals surface area (Å²) in [6.45, 7) is 8.96. The largest absolute Gasteiger partial charge is 0.457 e. The number of hydrogen-bond acceptors (Lipinski definition) is 3. The molecule has 14 heavy (non-hydrogen) atoms. The summed E-state index contributed by atoms with van der Waals surface area (Å²) in [6.07, 6.45) is 1.85. The molecule has 0 aromatic rings. The molecule has 1 saturated heterocycles. The fourth-order valence-corrected chi connectivity index (χ4v) is 1.37. The van der Waals surface area contributed by atoms with Gasteiger partial charge >= 0.3 is 7.12 Å². The highest BCUT2D eigenvalue weighted by molar-refractivity contribution is 6.45. The number of halogens is 1. The summed E-state index contributed by atoms with van der Waals surface area (Å²) in [6, 6.07) is 0. The van der Waals surface area contributed by atoms with Crippen LogP contribution < -0.4 is 5.73 Å². The average molecular weight is 222 g/mol. The Labute approximate surface area is 93.3 Å². The quantitative estimate of drug-likeness (QED) is 0.740. The molecule has 1 aliphatic heterocycles. The van der Waals surface area contributed by atoms with Crippen LogP contribution in [0.4, 0.5) is 0 Å². The van der Waals surface area contributed by atoms with Crippen LogP contribution in [0.2, 0.25) is 6.32 Å². The lowest BCUT2D eigenvalue weighted by atomic mass is 9.83. The predicted molar refractivity (Wildman–Crippen MR) is 61.8 cm³/mol. The third kappa shape index (κ3) is 2.86. The van der Waals surface area contributed by atoms with Crippen LogP contribution in [0.1, 0.15) is 34.1 Å². The van der Waals surface area contributed by atoms with E-state index in [9.17, 15) is 0 Å². The Kier molecular flexibility index (Phi) is 4.92. The normalized spacial score (nSPS) is 23.4. The van der Waals surface area contributed by atoms with Gasteiger partial charge < -0.3 is 15.0 Å². The maximum atomic E-state index is 5.79. The molecule has 0 atom stereocenters. The summed E-state index contributed by atoms with van der Waals surface area (Å²) in [7, 11) is -0.0754. The zero-order chi connectivity index (χ0) is 10.1. The zero-order valence-corrected chi connectivity index (χ0v) is 10.3. The average Bonchev–Trinajstić information content (AvgIpc) is 2.17. The Balaban J connectivity index is 0.00000169. The van der Waals surface area contributed by atoms with Crippen molar-refractivity contribution in [3.05, 3.63) is 0 Å². The molecule has 0 aromatic heterocycles. The van der Waals surface area contributed by atoms with Crippen LogP contribution in [-0.2, 0) is 9.31 Å². The minimum Gasteiger partial charge on any atom is -0.403 e. The molecule has 84 valence electrons. The fourth-order valence-electron chi connectivity index (χ4n) is 1.37. The topological polar surface area (TPSA) is 44.5 Å². The van der Waals surface area contributed by atoms with E-state index in [1.165, 1.54) is 0 Å². The standard InChI is InChI=1S/C9H20BNO2.ClH/c1-8(2)9(3,4)13-10(12-8)6-5-7-11;/h5-7,11H2,1-4H3;1H. The lowest BCUT2D eigenvalue weighted by molar-refractivity contribution is 0.00578. The van der Waals surface area contributed by atoms with Gasteiger partial charge in [-0.1, -0.05) is 0 Å². The van der Waals surface area contributed by atoms with Crippen molar-refractivity contribution in [1.82, 2.24) is 0 Å². The van der Waals surface area contributed by atoms with Crippen LogP contribution >= 0.6 is 12.4 Å². The summed E-state index contributed by atoms with van der Waals surface area (Å²) in [5.74, 6) is 0. The smallest absolute Gasteiger partial charge is 0.403 e. The number of rotatable bonds is 3. The maximum absolute atomic E-state index is 5.79. The van der Waals surface area contributed by atoms with E-state index in [0.717, 1.165) is 12.7 Å². The summed E-state index contributed by atoms with van der Waals surface area (Å²) < 4.78 is 11.6. The molecule has 0 bridgehead atoms. The fraction of sp³-hybridized carbons (Fsp3) is 1.00. The maximum Gasteiger partial charge on any atom is 0.457 e. The van der Waals surface area contributed by atoms with E-state index in [2.05, 4.69) is 27.7 Å². The second-order valence-corrected chi connectivity index (χ2v) is 4.62. The van der Waals surface area contributed by atoms with Crippen LogP contribution in [0.25, 0.3) is 0 Å². The highest BCUT2D eigenvalue weighted by Gasteiger charge is 2.50. The van der Waals surface area contributed by atoms with Gasteiger partial charge in [0.1, 0.15) is 0 Å². The van der Waals surface area contributed by atoms with E-state index >= 15 is 0 Å². The monoisotopic (exact) mass is 221 g/mol. The molecule has 1 rings (SSSR count). The Morgan fingerprint density at radius 2 is 1.50 bits per heavy atom. The molecule has 1 heterocycles. The lowest BCUT2D eigenvalue weighted by Gasteiger charge is -2.32. The van der Waals surface area contributed by atoms with E-state index in [1.807, 2.05) is 0 Å². The van der Waals surface area contributed by atoms with Crippen molar-refractivity contribution in [1.29, 1.82) is 0 Å². The van der Waals surface area contributed by atoms with Gasteiger partial charge in [0.05, 0.1) is 11.2 Å². The summed E-state index contributed by atoms with van der Waals surface area (Å²) >= 11 is 0. The van der Waals surface area contributed by atoms with Crippen LogP contribution in [0, 0.1) is 0 Å². The van der Waals surface area contributed by atoms with Crippen molar-refractivity contribution in [3.8, 4) is 0 Å². The number of hydrogen-bond donors (Lipinski definition) is 1. The Morgan fingerprint density at radius 3 is 1.86 bits per heavy atom. The SMILES string of the molecule is CC1(C)OB(CCCN)OC1(C)C.Cl. The lowest BCUT2D eigenvalue weighted by Crippen LogP contribution is -2.41. The molecule has 2 N–H and O–H groups in total. The molecule has 0 amide bonds. The zero-order valence-electron chi connectivity index (χ0n) is 9.50. The molecule has 5 heteroatoms. The number of nitrogens with two attached hydrogens (primary N) is 1. The first-order chi connectivity index (χ1) is 5.89. The van der Waals surface area contributed by atoms with E-state index < -0.39 is 0 Å². The Hall–Kier alpha value is 0.235. The van der Waals surface area contributed by atoms with Gasteiger partial charge in [-0.2, -0.15) is 0 Å². The summed E-state index contributed by atoms with van der Waals surface area (Å²) in [5.41, 5.74) is 5.03. The summed E-state index contributed by atoms with van der Waals surface area (Å²) in [5, 5.41) is 0. The van der Waals surface area contributed by atoms with E-state index in [0.29, 0.717) is 6.54 Å². The molecule has 0 radical (unpaired) electrons. The predicted octanol–water partition coefficient (Wildman–Crippen LogP) is 1.85. The van der Waals surface area contributed by atoms with E-state index in [4.69, 9.17) is 15.0 Å². The third-order valence-electron chi connectivity index (χ3n) is 2.95. The minimum atomic E-state index is -0.202. The van der Waals surface area contributed by atoms with Crippen molar-refractivity contribution < 1.29 is 9.31 Å². The minimum absolute atomic E-state index is 0. The highest BCUT2D eigenvalue weighted by atomic mass is 35.5. The van der Waals surface area contributed by atoms with Crippen molar-refractivity contribution in [3.63, 3.8) is 0 Å². The van der Waals surface area contributed by atoms with Gasteiger partial charge in [0, 0.05) is 0 Å².